The van der Waals surface area contributed by atoms with Crippen molar-refractivity contribution in [2.24, 2.45) is 5.10 Å². The number of hydrogen-bond donors (Lipinski definition) is 2. The number of rotatable bonds is 7. The number of fused-ring (bicyclic) bond motifs is 1. The molecule has 27 heavy (non-hydrogen) atoms. The van der Waals surface area contributed by atoms with Crippen LogP contribution in [0.2, 0.25) is 5.02 Å². The number of hydrazone groups is 1. The lowest BCUT2D eigenvalue weighted by Crippen LogP contribution is -2.19. The Labute approximate surface area is 165 Å². The maximum Gasteiger partial charge on any atom is 0.257 e. The molecule has 9 heteroatoms. The number of H-pyrrole nitrogens is 1. The van der Waals surface area contributed by atoms with Gasteiger partial charge in [-0.3, -0.25) is 9.63 Å². The number of nitrogens with one attached hydrogen (secondary N) is 2. The zero-order chi connectivity index (χ0) is 19.2. The lowest BCUT2D eigenvalue weighted by molar-refractivity contribution is -0.714. The van der Waals surface area contributed by atoms with Crippen molar-refractivity contribution in [2.45, 2.75) is 5.16 Å². The molecule has 0 bridgehead atoms. The molecule has 0 unspecified atom stereocenters. The highest BCUT2D eigenvalue weighted by Gasteiger charge is 2.10. The molecule has 7 nitrogen and oxygen atoms in total. The lowest BCUT2D eigenvalue weighted by atomic mass is 10.2. The van der Waals surface area contributed by atoms with E-state index in [1.165, 1.54) is 29.8 Å². The van der Waals surface area contributed by atoms with Crippen molar-refractivity contribution in [3.63, 3.8) is 0 Å². The molecule has 2 N–H and O–H groups in total. The van der Waals surface area contributed by atoms with Crippen LogP contribution >= 0.6 is 23.4 Å². The Kier molecular flexibility index (Phi) is 6.10. The van der Waals surface area contributed by atoms with Crippen molar-refractivity contribution in [2.75, 3.05) is 12.9 Å². The molecule has 0 aliphatic heterocycles. The van der Waals surface area contributed by atoms with Gasteiger partial charge < -0.3 is 4.98 Å². The fourth-order valence-electron chi connectivity index (χ4n) is 2.23. The van der Waals surface area contributed by atoms with Crippen molar-refractivity contribution in [1.29, 1.82) is 0 Å². The van der Waals surface area contributed by atoms with Gasteiger partial charge in [0.05, 0.1) is 23.0 Å². The van der Waals surface area contributed by atoms with Crippen LogP contribution in [-0.2, 0) is 9.63 Å². The molecule has 1 heterocycles. The monoisotopic (exact) mass is 402 g/mol. The van der Waals surface area contributed by atoms with Gasteiger partial charge in [-0.25, -0.2) is 10.4 Å². The predicted octanol–water partition coefficient (Wildman–Crippen LogP) is 3.36. The first-order valence-corrected chi connectivity index (χ1v) is 9.27. The van der Waals surface area contributed by atoms with Gasteiger partial charge in [0, 0.05) is 27.5 Å². The van der Waals surface area contributed by atoms with Gasteiger partial charge in [0.25, 0.3) is 11.6 Å². The zero-order valence-corrected chi connectivity index (χ0v) is 16.0. The van der Waals surface area contributed by atoms with Gasteiger partial charge in [0.1, 0.15) is 7.11 Å². The molecule has 0 radical (unpaired) electrons. The largest absolute Gasteiger partial charge is 0.333 e. The quantitative estimate of drug-likeness (QED) is 0.275. The fourth-order valence-corrected chi connectivity index (χ4v) is 3.07. The molecule has 3 aromatic rings. The van der Waals surface area contributed by atoms with Crippen LogP contribution in [0.15, 0.2) is 52.7 Å². The van der Waals surface area contributed by atoms with Crippen LogP contribution in [0.25, 0.3) is 11.0 Å². The average Bonchev–Trinajstić information content (AvgIpc) is 3.10. The second-order valence-electron chi connectivity index (χ2n) is 5.41. The molecule has 1 amide bonds. The van der Waals surface area contributed by atoms with Crippen LogP contribution in [-0.4, -0.2) is 46.4 Å². The molecular formula is C18H17ClN5O2S+. The Bertz CT molecular complexity index is 985. The molecule has 0 aliphatic carbocycles. The van der Waals surface area contributed by atoms with Crippen molar-refractivity contribution in [1.82, 2.24) is 15.4 Å². The molecule has 0 saturated heterocycles. The summed E-state index contributed by atoms with van der Waals surface area (Å²) < 4.78 is 1.34. The number of para-hydroxylation sites is 2. The molecule has 0 saturated carbocycles. The number of nitrogens with zero attached hydrogens (tertiary/aromatic N) is 3. The van der Waals surface area contributed by atoms with Crippen molar-refractivity contribution < 1.29 is 14.4 Å². The molecule has 0 aliphatic rings. The highest BCUT2D eigenvalue weighted by atomic mass is 35.5. The minimum Gasteiger partial charge on any atom is -0.333 e. The summed E-state index contributed by atoms with van der Waals surface area (Å²) in [6.45, 7) is 3.72. The van der Waals surface area contributed by atoms with Crippen LogP contribution in [0.1, 0.15) is 5.56 Å². The lowest BCUT2D eigenvalue weighted by Gasteiger charge is -2.01. The SMILES string of the molecule is C=[N+](OC)c1ccc(Cl)c(/C=N/NC(=O)CSc2nc3ccccc3[nH]2)c1. The summed E-state index contributed by atoms with van der Waals surface area (Å²) >= 11 is 7.44. The van der Waals surface area contributed by atoms with Crippen LogP contribution in [0, 0.1) is 0 Å². The first-order chi connectivity index (χ1) is 13.1. The molecule has 138 valence electrons. The number of halogens is 1. The fraction of sp³-hybridized carbons (Fsp3) is 0.111. The Hall–Kier alpha value is -2.84. The van der Waals surface area contributed by atoms with Gasteiger partial charge in [-0.2, -0.15) is 5.10 Å². The Balaban J connectivity index is 1.56. The highest BCUT2D eigenvalue weighted by Crippen LogP contribution is 2.21. The minimum absolute atomic E-state index is 0.182. The van der Waals surface area contributed by atoms with E-state index in [-0.39, 0.29) is 11.7 Å². The number of carbonyl (C=O) groups excluding carboxylic acids is 1. The van der Waals surface area contributed by atoms with Crippen LogP contribution in [0.4, 0.5) is 5.69 Å². The van der Waals surface area contributed by atoms with E-state index in [0.717, 1.165) is 11.0 Å². The third-order valence-electron chi connectivity index (χ3n) is 3.59. The zero-order valence-electron chi connectivity index (χ0n) is 14.5. The number of thioether (sulfide) groups is 1. The number of aromatic amines is 1. The number of amides is 1. The summed E-state index contributed by atoms with van der Waals surface area (Å²) in [6.07, 6.45) is 1.47. The summed E-state index contributed by atoms with van der Waals surface area (Å²) in [5, 5.41) is 5.13. The Morgan fingerprint density at radius 3 is 3.04 bits per heavy atom. The number of benzene rings is 2. The minimum atomic E-state index is -0.250. The number of imidazole rings is 1. The summed E-state index contributed by atoms with van der Waals surface area (Å²) in [4.78, 5) is 24.6. The maximum absolute atomic E-state index is 12.0. The predicted molar refractivity (Wildman–Crippen MR) is 108 cm³/mol. The second kappa shape index (κ2) is 8.70. The summed E-state index contributed by atoms with van der Waals surface area (Å²) in [5.74, 6) is -0.0685. The van der Waals surface area contributed by atoms with Gasteiger partial charge in [-0.1, -0.05) is 35.5 Å². The Morgan fingerprint density at radius 1 is 1.44 bits per heavy atom. The van der Waals surface area contributed by atoms with E-state index in [1.54, 1.807) is 18.2 Å². The number of aromatic nitrogens is 2. The van der Waals surface area contributed by atoms with Crippen molar-refractivity contribution >= 4 is 58.9 Å². The van der Waals surface area contributed by atoms with E-state index in [0.29, 0.717) is 21.4 Å². The van der Waals surface area contributed by atoms with E-state index in [9.17, 15) is 4.79 Å². The molecule has 2 aromatic carbocycles. The van der Waals surface area contributed by atoms with E-state index in [1.807, 2.05) is 24.3 Å². The van der Waals surface area contributed by atoms with E-state index in [2.05, 4.69) is 27.2 Å². The smallest absolute Gasteiger partial charge is 0.257 e. The standard InChI is InChI=1S/C18H16ClN5O2S/c1-24(26-2)13-7-8-14(19)12(9-13)10-20-23-17(25)11-27-18-21-15-5-3-4-6-16(15)22-18/h3-10H,1,11H2,2H3,(H-,21,22,23,25)/p+1/b20-10+. The summed E-state index contributed by atoms with van der Waals surface area (Å²) in [5.41, 5.74) is 5.61. The van der Waals surface area contributed by atoms with Crippen molar-refractivity contribution in [3.05, 3.63) is 53.1 Å². The van der Waals surface area contributed by atoms with E-state index in [4.69, 9.17) is 16.4 Å². The molecule has 0 fully saturated rings. The highest BCUT2D eigenvalue weighted by molar-refractivity contribution is 7.99. The third-order valence-corrected chi connectivity index (χ3v) is 4.81. The van der Waals surface area contributed by atoms with E-state index >= 15 is 0 Å². The second-order valence-corrected chi connectivity index (χ2v) is 6.78. The van der Waals surface area contributed by atoms with Crippen LogP contribution in [0.3, 0.4) is 0 Å². The molecular weight excluding hydrogens is 386 g/mol. The Morgan fingerprint density at radius 2 is 2.26 bits per heavy atom. The normalized spacial score (nSPS) is 11.0. The van der Waals surface area contributed by atoms with Gasteiger partial charge >= 0.3 is 0 Å². The average molecular weight is 403 g/mol. The molecule has 3 rings (SSSR count). The van der Waals surface area contributed by atoms with Crippen LogP contribution in [0.5, 0.6) is 0 Å². The van der Waals surface area contributed by atoms with Crippen LogP contribution < -0.4 is 5.43 Å². The summed E-state index contributed by atoms with van der Waals surface area (Å²) in [7, 11) is 1.51. The first-order valence-electron chi connectivity index (χ1n) is 7.90. The van der Waals surface area contributed by atoms with Gasteiger partial charge in [-0.15, -0.1) is 0 Å². The molecule has 1 aromatic heterocycles. The van der Waals surface area contributed by atoms with Crippen molar-refractivity contribution in [3.8, 4) is 0 Å². The third kappa shape index (κ3) is 4.87. The number of hydrogen-bond acceptors (Lipinski definition) is 5. The molecule has 0 spiro atoms. The topological polar surface area (TPSA) is 82.4 Å². The van der Waals surface area contributed by atoms with Gasteiger partial charge in [0.2, 0.25) is 0 Å². The molecule has 0 atom stereocenters. The first kappa shape index (κ1) is 18.9. The van der Waals surface area contributed by atoms with Gasteiger partial charge in [-0.05, 0) is 18.2 Å². The maximum atomic E-state index is 12.0. The van der Waals surface area contributed by atoms with Gasteiger partial charge in [0.15, 0.2) is 11.9 Å². The summed E-state index contributed by atoms with van der Waals surface area (Å²) in [6, 6.07) is 12.9. The van der Waals surface area contributed by atoms with E-state index < -0.39 is 0 Å². The number of carbonyl (C=O) groups is 1.